The van der Waals surface area contributed by atoms with E-state index in [2.05, 4.69) is 0 Å². The summed E-state index contributed by atoms with van der Waals surface area (Å²) in [6.07, 6.45) is 2.52. The van der Waals surface area contributed by atoms with Crippen LogP contribution in [0.15, 0.2) is 24.0 Å². The van der Waals surface area contributed by atoms with Gasteiger partial charge >= 0.3 is 0 Å². The summed E-state index contributed by atoms with van der Waals surface area (Å²) < 4.78 is 20.9. The molecule has 0 saturated heterocycles. The minimum Gasteiger partial charge on any atom is -0.496 e. The van der Waals surface area contributed by atoms with E-state index < -0.39 is 0 Å². The fourth-order valence-electron chi connectivity index (χ4n) is 1.92. The zero-order valence-corrected chi connectivity index (χ0v) is 11.2. The number of ketones is 1. The van der Waals surface area contributed by atoms with Crippen molar-refractivity contribution in [3.05, 3.63) is 29.5 Å². The Hall–Kier alpha value is -2.17. The molecule has 0 spiro atoms. The summed E-state index contributed by atoms with van der Waals surface area (Å²) in [7, 11) is 4.55. The lowest BCUT2D eigenvalue weighted by Crippen LogP contribution is -2.07. The number of hydrogen-bond acceptors (Lipinski definition) is 5. The first-order valence-electron chi connectivity index (χ1n) is 5.89. The van der Waals surface area contributed by atoms with E-state index in [4.69, 9.17) is 18.9 Å². The van der Waals surface area contributed by atoms with Gasteiger partial charge in [0, 0.05) is 12.5 Å². The Kier molecular flexibility index (Phi) is 3.94. The van der Waals surface area contributed by atoms with Gasteiger partial charge in [-0.25, -0.2) is 0 Å². The highest BCUT2D eigenvalue weighted by atomic mass is 16.5. The molecule has 5 heteroatoms. The van der Waals surface area contributed by atoms with Gasteiger partial charge in [-0.05, 0) is 12.1 Å². The molecule has 0 N–H and O–H groups in total. The molecule has 0 unspecified atom stereocenters. The van der Waals surface area contributed by atoms with Crippen LogP contribution in [0.25, 0.3) is 0 Å². The fraction of sp³-hybridized carbons (Fsp3) is 0.357. The second-order valence-electron chi connectivity index (χ2n) is 3.94. The Morgan fingerprint density at radius 2 is 1.68 bits per heavy atom. The van der Waals surface area contributed by atoms with Crippen molar-refractivity contribution in [3.8, 4) is 17.2 Å². The number of carbonyl (C=O) groups is 1. The smallest absolute Gasteiger partial charge is 0.231 e. The third-order valence-electron chi connectivity index (χ3n) is 2.88. The maximum atomic E-state index is 12.3. The van der Waals surface area contributed by atoms with Crippen molar-refractivity contribution in [1.29, 1.82) is 0 Å². The van der Waals surface area contributed by atoms with E-state index in [1.165, 1.54) is 21.3 Å². The van der Waals surface area contributed by atoms with Crippen molar-refractivity contribution in [3.63, 3.8) is 0 Å². The summed E-state index contributed by atoms with van der Waals surface area (Å²) in [4.78, 5) is 12.3. The summed E-state index contributed by atoms with van der Waals surface area (Å²) in [6, 6.07) is 3.23. The molecule has 2 rings (SSSR count). The van der Waals surface area contributed by atoms with Crippen molar-refractivity contribution in [2.75, 3.05) is 27.9 Å². The van der Waals surface area contributed by atoms with Gasteiger partial charge in [-0.1, -0.05) is 0 Å². The van der Waals surface area contributed by atoms with Gasteiger partial charge in [-0.3, -0.25) is 4.79 Å². The monoisotopic (exact) mass is 264 g/mol. The van der Waals surface area contributed by atoms with Gasteiger partial charge in [0.15, 0.2) is 17.3 Å². The van der Waals surface area contributed by atoms with Gasteiger partial charge in [0.25, 0.3) is 0 Å². The first-order valence-corrected chi connectivity index (χ1v) is 5.89. The third kappa shape index (κ3) is 2.50. The zero-order chi connectivity index (χ0) is 13.8. The largest absolute Gasteiger partial charge is 0.496 e. The fourth-order valence-corrected chi connectivity index (χ4v) is 1.92. The molecule has 5 nitrogen and oxygen atoms in total. The average Bonchev–Trinajstić information content (AvgIpc) is 2.99. The SMILES string of the molecule is COc1cc(OC)c(C(=O)C2=CCCO2)cc1OC. The van der Waals surface area contributed by atoms with Crippen molar-refractivity contribution >= 4 is 5.78 Å². The Balaban J connectivity index is 2.46. The van der Waals surface area contributed by atoms with Gasteiger partial charge in [0.2, 0.25) is 5.78 Å². The third-order valence-corrected chi connectivity index (χ3v) is 2.88. The van der Waals surface area contributed by atoms with E-state index in [9.17, 15) is 4.79 Å². The Morgan fingerprint density at radius 1 is 1.05 bits per heavy atom. The summed E-state index contributed by atoms with van der Waals surface area (Å²) >= 11 is 0. The second kappa shape index (κ2) is 5.65. The van der Waals surface area contributed by atoms with E-state index in [1.807, 2.05) is 0 Å². The molecule has 0 aromatic heterocycles. The van der Waals surface area contributed by atoms with E-state index in [0.29, 0.717) is 35.2 Å². The minimum atomic E-state index is -0.213. The topological polar surface area (TPSA) is 54.0 Å². The standard InChI is InChI=1S/C14H16O5/c1-16-11-8-13(18-3)12(17-2)7-9(11)14(15)10-5-4-6-19-10/h5,7-8H,4,6H2,1-3H3. The van der Waals surface area contributed by atoms with Crippen LogP contribution >= 0.6 is 0 Å². The molecule has 1 aromatic rings. The first kappa shape index (κ1) is 13.3. The molecule has 0 fully saturated rings. The van der Waals surface area contributed by atoms with Crippen molar-refractivity contribution in [2.24, 2.45) is 0 Å². The summed E-state index contributed by atoms with van der Waals surface area (Å²) in [5.41, 5.74) is 0.397. The molecule has 0 radical (unpaired) electrons. The highest BCUT2D eigenvalue weighted by Gasteiger charge is 2.23. The highest BCUT2D eigenvalue weighted by molar-refractivity contribution is 6.09. The van der Waals surface area contributed by atoms with Gasteiger partial charge < -0.3 is 18.9 Å². The Labute approximate surface area is 111 Å². The predicted molar refractivity (Wildman–Crippen MR) is 69.1 cm³/mol. The molecule has 1 aromatic carbocycles. The van der Waals surface area contributed by atoms with Crippen LogP contribution in [0.3, 0.4) is 0 Å². The summed E-state index contributed by atoms with van der Waals surface area (Å²) in [5, 5.41) is 0. The predicted octanol–water partition coefficient (Wildman–Crippen LogP) is 2.20. The van der Waals surface area contributed by atoms with Crippen molar-refractivity contribution in [1.82, 2.24) is 0 Å². The summed E-state index contributed by atoms with van der Waals surface area (Å²) in [6.45, 7) is 0.538. The molecular formula is C14H16O5. The van der Waals surface area contributed by atoms with E-state index in [0.717, 1.165) is 6.42 Å². The van der Waals surface area contributed by atoms with E-state index >= 15 is 0 Å². The molecule has 102 valence electrons. The van der Waals surface area contributed by atoms with Crippen LogP contribution < -0.4 is 14.2 Å². The Morgan fingerprint density at radius 3 is 2.21 bits per heavy atom. The number of methoxy groups -OCH3 is 3. The van der Waals surface area contributed by atoms with Crippen molar-refractivity contribution < 1.29 is 23.7 Å². The lowest BCUT2D eigenvalue weighted by molar-refractivity contribution is 0.0939. The molecule has 19 heavy (non-hydrogen) atoms. The molecule has 0 amide bonds. The van der Waals surface area contributed by atoms with Gasteiger partial charge in [-0.2, -0.15) is 0 Å². The van der Waals surface area contributed by atoms with Gasteiger partial charge in [0.05, 0.1) is 33.5 Å². The number of benzene rings is 1. The molecule has 0 bridgehead atoms. The average molecular weight is 264 g/mol. The molecule has 0 saturated carbocycles. The minimum absolute atomic E-state index is 0.213. The molecule has 1 aliphatic rings. The van der Waals surface area contributed by atoms with Crippen LogP contribution in [0.2, 0.25) is 0 Å². The maximum Gasteiger partial charge on any atom is 0.231 e. The maximum absolute atomic E-state index is 12.3. The molecule has 0 aliphatic carbocycles. The van der Waals surface area contributed by atoms with Crippen LogP contribution in [0, 0.1) is 0 Å². The van der Waals surface area contributed by atoms with Gasteiger partial charge in [-0.15, -0.1) is 0 Å². The van der Waals surface area contributed by atoms with Crippen LogP contribution in [-0.2, 0) is 4.74 Å². The number of rotatable bonds is 5. The second-order valence-corrected chi connectivity index (χ2v) is 3.94. The van der Waals surface area contributed by atoms with E-state index in [1.54, 1.807) is 18.2 Å². The van der Waals surface area contributed by atoms with Crippen LogP contribution in [0.5, 0.6) is 17.2 Å². The van der Waals surface area contributed by atoms with E-state index in [-0.39, 0.29) is 5.78 Å². The highest BCUT2D eigenvalue weighted by Crippen LogP contribution is 2.36. The number of Topliss-reactive ketones (excluding diaryl/α,β-unsaturated/α-hetero) is 1. The summed E-state index contributed by atoms with van der Waals surface area (Å²) in [5.74, 6) is 1.56. The normalized spacial score (nSPS) is 13.5. The zero-order valence-electron chi connectivity index (χ0n) is 11.2. The van der Waals surface area contributed by atoms with Crippen LogP contribution in [0.4, 0.5) is 0 Å². The van der Waals surface area contributed by atoms with Crippen molar-refractivity contribution in [2.45, 2.75) is 6.42 Å². The molecule has 1 aliphatic heterocycles. The number of hydrogen-bond donors (Lipinski definition) is 0. The quantitative estimate of drug-likeness (QED) is 0.763. The van der Waals surface area contributed by atoms with Crippen LogP contribution in [-0.4, -0.2) is 33.7 Å². The number of carbonyl (C=O) groups excluding carboxylic acids is 1. The first-order chi connectivity index (χ1) is 9.21. The Bertz CT molecular complexity index is 519. The molecular weight excluding hydrogens is 248 g/mol. The van der Waals surface area contributed by atoms with Crippen LogP contribution in [0.1, 0.15) is 16.8 Å². The lowest BCUT2D eigenvalue weighted by Gasteiger charge is -2.13. The van der Waals surface area contributed by atoms with Gasteiger partial charge in [0.1, 0.15) is 5.75 Å². The molecule has 1 heterocycles. The molecule has 0 atom stereocenters. The number of ether oxygens (including phenoxy) is 4. The number of allylic oxidation sites excluding steroid dienone is 1. The lowest BCUT2D eigenvalue weighted by atomic mass is 10.1.